The molecule has 160 valence electrons. The molecule has 6 rings (SSSR count). The van der Waals surface area contributed by atoms with Crippen LogP contribution in [0.15, 0.2) is 23.4 Å². The fraction of sp³-hybridized carbons (Fsp3) is 0.625. The van der Waals surface area contributed by atoms with Crippen molar-refractivity contribution in [2.24, 2.45) is 23.2 Å². The summed E-state index contributed by atoms with van der Waals surface area (Å²) < 4.78 is 7.25. The minimum absolute atomic E-state index is 0.0537. The highest BCUT2D eigenvalue weighted by Gasteiger charge is 2.54. The minimum Gasteiger partial charge on any atom is -0.462 e. The van der Waals surface area contributed by atoms with Gasteiger partial charge in [-0.05, 0) is 88.3 Å². The molecule has 4 saturated carbocycles. The molecule has 0 atom stereocenters. The van der Waals surface area contributed by atoms with Gasteiger partial charge in [0.1, 0.15) is 5.78 Å². The van der Waals surface area contributed by atoms with Crippen LogP contribution < -0.4 is 0 Å². The van der Waals surface area contributed by atoms with Crippen LogP contribution >= 0.6 is 11.8 Å². The quantitative estimate of drug-likeness (QED) is 0.455. The first-order valence-corrected chi connectivity index (χ1v) is 12.3. The maximum absolute atomic E-state index is 13.4. The van der Waals surface area contributed by atoms with E-state index < -0.39 is 0 Å². The molecule has 4 aliphatic rings. The highest BCUT2D eigenvalue weighted by Crippen LogP contribution is 2.60. The number of aryl methyl sites for hydroxylation is 1. The zero-order valence-electron chi connectivity index (χ0n) is 17.9. The summed E-state index contributed by atoms with van der Waals surface area (Å²) >= 11 is 1.57. The molecule has 5 nitrogen and oxygen atoms in total. The van der Waals surface area contributed by atoms with Gasteiger partial charge in [-0.1, -0.05) is 11.8 Å². The number of Topliss-reactive ketones (excluding diaryl/α,β-unsaturated/α-hetero) is 1. The number of nitrogens with zero attached hydrogens (tertiary/aromatic N) is 2. The van der Waals surface area contributed by atoms with E-state index >= 15 is 0 Å². The van der Waals surface area contributed by atoms with Crippen molar-refractivity contribution in [1.29, 1.82) is 0 Å². The standard InChI is InChI=1S/C24H30N2O3S/c1-3-26-20-6-5-18(22(28)29-4-2)10-19(20)25-23(26)30-14-21(27)24-11-15-7-16(12-24)9-17(8-15)13-24/h5-6,10,15-17H,3-4,7-9,11-14H2,1-2H3. The van der Waals surface area contributed by atoms with Gasteiger partial charge in [0.2, 0.25) is 0 Å². The van der Waals surface area contributed by atoms with Gasteiger partial charge < -0.3 is 9.30 Å². The lowest BCUT2D eigenvalue weighted by Gasteiger charge is -2.56. The van der Waals surface area contributed by atoms with Crippen LogP contribution in [0.4, 0.5) is 0 Å². The molecule has 0 spiro atoms. The summed E-state index contributed by atoms with van der Waals surface area (Å²) in [4.78, 5) is 30.2. The first-order chi connectivity index (χ1) is 14.5. The van der Waals surface area contributed by atoms with Gasteiger partial charge in [0.25, 0.3) is 0 Å². The molecule has 0 unspecified atom stereocenters. The van der Waals surface area contributed by atoms with Crippen molar-refractivity contribution in [2.45, 2.75) is 64.1 Å². The van der Waals surface area contributed by atoms with Crippen LogP contribution in [0.25, 0.3) is 11.0 Å². The van der Waals surface area contributed by atoms with Crippen molar-refractivity contribution in [3.63, 3.8) is 0 Å². The molecule has 1 aromatic heterocycles. The number of hydrogen-bond donors (Lipinski definition) is 0. The normalized spacial score (nSPS) is 29.5. The second-order valence-corrected chi connectivity index (χ2v) is 10.4. The SMILES string of the molecule is CCOC(=O)c1ccc2c(c1)nc(SCC(=O)C13CC4CC(CC(C4)C1)C3)n2CC. The van der Waals surface area contributed by atoms with Crippen LogP contribution in [0.5, 0.6) is 0 Å². The van der Waals surface area contributed by atoms with Gasteiger partial charge in [0.15, 0.2) is 5.16 Å². The first kappa shape index (κ1) is 20.1. The number of rotatable bonds is 7. The summed E-state index contributed by atoms with van der Waals surface area (Å²) in [7, 11) is 0. The fourth-order valence-electron chi connectivity index (χ4n) is 6.60. The number of ether oxygens (including phenoxy) is 1. The number of thioether (sulfide) groups is 1. The van der Waals surface area contributed by atoms with Gasteiger partial charge in [-0.3, -0.25) is 4.79 Å². The molecule has 30 heavy (non-hydrogen) atoms. The number of fused-ring (bicyclic) bond motifs is 1. The molecule has 1 aromatic carbocycles. The highest BCUT2D eigenvalue weighted by molar-refractivity contribution is 7.99. The van der Waals surface area contributed by atoms with Crippen molar-refractivity contribution in [2.75, 3.05) is 12.4 Å². The second-order valence-electron chi connectivity index (χ2n) is 9.47. The van der Waals surface area contributed by atoms with Gasteiger partial charge in [-0.15, -0.1) is 0 Å². The molecule has 2 aromatic rings. The van der Waals surface area contributed by atoms with Crippen LogP contribution in [-0.2, 0) is 16.1 Å². The number of hydrogen-bond acceptors (Lipinski definition) is 5. The summed E-state index contributed by atoms with van der Waals surface area (Å²) in [5, 5.41) is 0.867. The van der Waals surface area contributed by atoms with E-state index in [4.69, 9.17) is 9.72 Å². The number of carbonyl (C=O) groups is 2. The maximum atomic E-state index is 13.4. The van der Waals surface area contributed by atoms with E-state index in [0.717, 1.165) is 59.8 Å². The van der Waals surface area contributed by atoms with Crippen LogP contribution in [0, 0.1) is 23.2 Å². The smallest absolute Gasteiger partial charge is 0.338 e. The van der Waals surface area contributed by atoms with Gasteiger partial charge in [0.05, 0.1) is 29.0 Å². The molecule has 4 aliphatic carbocycles. The monoisotopic (exact) mass is 426 g/mol. The lowest BCUT2D eigenvalue weighted by Crippen LogP contribution is -2.50. The summed E-state index contributed by atoms with van der Waals surface area (Å²) in [6, 6.07) is 5.52. The summed E-state index contributed by atoms with van der Waals surface area (Å²) in [5.41, 5.74) is 2.25. The van der Waals surface area contributed by atoms with Crippen LogP contribution in [0.1, 0.15) is 62.7 Å². The molecule has 0 aliphatic heterocycles. The van der Waals surface area contributed by atoms with Crippen LogP contribution in [0.3, 0.4) is 0 Å². The first-order valence-electron chi connectivity index (χ1n) is 11.3. The molecule has 6 heteroatoms. The lowest BCUT2D eigenvalue weighted by atomic mass is 9.48. The topological polar surface area (TPSA) is 61.2 Å². The lowest BCUT2D eigenvalue weighted by molar-refractivity contribution is -0.141. The Bertz CT molecular complexity index is 960. The van der Waals surface area contributed by atoms with Gasteiger partial charge in [-0.25, -0.2) is 9.78 Å². The van der Waals surface area contributed by atoms with Crippen molar-refractivity contribution in [3.05, 3.63) is 23.8 Å². The molecular weight excluding hydrogens is 396 g/mol. The van der Waals surface area contributed by atoms with Gasteiger partial charge in [-0.2, -0.15) is 0 Å². The number of imidazole rings is 1. The molecule has 0 radical (unpaired) electrons. The van der Waals surface area contributed by atoms with Crippen molar-refractivity contribution in [1.82, 2.24) is 9.55 Å². The summed E-state index contributed by atoms with van der Waals surface area (Å²) in [6.07, 6.45) is 7.42. The van der Waals surface area contributed by atoms with E-state index in [2.05, 4.69) is 11.5 Å². The Hall–Kier alpha value is -1.82. The zero-order chi connectivity index (χ0) is 20.9. The Morgan fingerprint density at radius 2 is 1.80 bits per heavy atom. The number of ketones is 1. The molecule has 1 heterocycles. The number of benzene rings is 1. The molecule has 0 N–H and O–H groups in total. The third-order valence-electron chi connectivity index (χ3n) is 7.50. The molecular formula is C24H30N2O3S. The fourth-order valence-corrected chi connectivity index (χ4v) is 7.71. The van der Waals surface area contributed by atoms with E-state index in [-0.39, 0.29) is 11.4 Å². The predicted molar refractivity (Wildman–Crippen MR) is 118 cm³/mol. The van der Waals surface area contributed by atoms with Gasteiger partial charge in [0, 0.05) is 12.0 Å². The third kappa shape index (κ3) is 3.37. The maximum Gasteiger partial charge on any atom is 0.338 e. The van der Waals surface area contributed by atoms with E-state index in [1.165, 1.54) is 19.3 Å². The van der Waals surface area contributed by atoms with Crippen LogP contribution in [-0.4, -0.2) is 33.7 Å². The second kappa shape index (κ2) is 7.70. The predicted octanol–water partition coefficient (Wildman–Crippen LogP) is 5.11. The van der Waals surface area contributed by atoms with E-state index in [1.54, 1.807) is 30.8 Å². The Morgan fingerprint density at radius 3 is 2.40 bits per heavy atom. The van der Waals surface area contributed by atoms with E-state index in [1.807, 2.05) is 6.07 Å². The summed E-state index contributed by atoms with van der Waals surface area (Å²) in [5.74, 6) is 2.97. The van der Waals surface area contributed by atoms with Crippen molar-refractivity contribution >= 4 is 34.5 Å². The molecule has 4 bridgehead atoms. The van der Waals surface area contributed by atoms with Gasteiger partial charge >= 0.3 is 5.97 Å². The number of carbonyl (C=O) groups excluding carboxylic acids is 2. The molecule has 0 amide bonds. The minimum atomic E-state index is -0.323. The summed E-state index contributed by atoms with van der Waals surface area (Å²) in [6.45, 7) is 5.03. The Balaban J connectivity index is 1.35. The van der Waals surface area contributed by atoms with Crippen molar-refractivity contribution in [3.8, 4) is 0 Å². The molecule has 0 saturated heterocycles. The van der Waals surface area contributed by atoms with Crippen LogP contribution in [0.2, 0.25) is 0 Å². The number of aromatic nitrogens is 2. The van der Waals surface area contributed by atoms with E-state index in [0.29, 0.717) is 23.7 Å². The zero-order valence-corrected chi connectivity index (χ0v) is 18.7. The third-order valence-corrected chi connectivity index (χ3v) is 8.48. The van der Waals surface area contributed by atoms with E-state index in [9.17, 15) is 9.59 Å². The Labute approximate surface area is 181 Å². The average Bonchev–Trinajstić information content (AvgIpc) is 3.07. The Morgan fingerprint density at radius 1 is 1.13 bits per heavy atom. The van der Waals surface area contributed by atoms with Crippen molar-refractivity contribution < 1.29 is 14.3 Å². The number of esters is 1. The largest absolute Gasteiger partial charge is 0.462 e. The highest BCUT2D eigenvalue weighted by atomic mass is 32.2. The average molecular weight is 427 g/mol. The Kier molecular flexibility index (Phi) is 5.16. The molecule has 4 fully saturated rings.